The maximum absolute atomic E-state index is 12.8. The van der Waals surface area contributed by atoms with Crippen LogP contribution in [0.1, 0.15) is 47.5 Å². The van der Waals surface area contributed by atoms with E-state index in [9.17, 15) is 9.59 Å². The topological polar surface area (TPSA) is 99.2 Å². The fourth-order valence-electron chi connectivity index (χ4n) is 3.86. The number of carbonyl (C=O) groups excluding carboxylic acids is 2. The molecule has 1 atom stereocenters. The zero-order valence-electron chi connectivity index (χ0n) is 18.3. The van der Waals surface area contributed by atoms with Crippen molar-refractivity contribution in [2.45, 2.75) is 51.2 Å². The predicted molar refractivity (Wildman–Crippen MR) is 124 cm³/mol. The highest BCUT2D eigenvalue weighted by atomic mass is 32.2. The molecule has 1 amide bonds. The first-order chi connectivity index (χ1) is 15.5. The number of thioether (sulfide) groups is 1. The van der Waals surface area contributed by atoms with Crippen LogP contribution in [0.15, 0.2) is 28.0 Å². The molecular formula is C22H26N4O4S2. The molecule has 0 fully saturated rings. The molecule has 0 saturated heterocycles. The Morgan fingerprint density at radius 1 is 1.41 bits per heavy atom. The second-order valence-electron chi connectivity index (χ2n) is 7.82. The number of fused-ring (bicyclic) bond motifs is 1. The minimum atomic E-state index is -0.397. The third-order valence-electron chi connectivity index (χ3n) is 5.39. The van der Waals surface area contributed by atoms with Crippen molar-refractivity contribution in [1.82, 2.24) is 14.8 Å². The Morgan fingerprint density at radius 2 is 2.25 bits per heavy atom. The van der Waals surface area contributed by atoms with Gasteiger partial charge in [-0.3, -0.25) is 9.36 Å². The van der Waals surface area contributed by atoms with E-state index in [0.29, 0.717) is 33.2 Å². The number of methoxy groups -OCH3 is 1. The first-order valence-corrected chi connectivity index (χ1v) is 12.4. The summed E-state index contributed by atoms with van der Waals surface area (Å²) in [4.78, 5) is 26.4. The SMILES string of the molecule is CCCn1c(SCC(=O)Nc2sc3c(c2C(=O)OC)CCC(C)C3)nnc1-c1ccco1. The smallest absolute Gasteiger partial charge is 0.341 e. The molecule has 0 bridgehead atoms. The Hall–Kier alpha value is -2.59. The molecule has 0 saturated carbocycles. The van der Waals surface area contributed by atoms with Gasteiger partial charge in [-0.05, 0) is 49.3 Å². The quantitative estimate of drug-likeness (QED) is 0.375. The molecule has 0 spiro atoms. The summed E-state index contributed by atoms with van der Waals surface area (Å²) >= 11 is 2.80. The number of hydrogen-bond acceptors (Lipinski definition) is 8. The number of esters is 1. The van der Waals surface area contributed by atoms with Crippen LogP contribution in [-0.4, -0.2) is 39.5 Å². The van der Waals surface area contributed by atoms with Gasteiger partial charge in [-0.2, -0.15) is 0 Å². The summed E-state index contributed by atoms with van der Waals surface area (Å²) in [6, 6.07) is 3.64. The molecule has 0 aliphatic heterocycles. The maximum atomic E-state index is 12.8. The lowest BCUT2D eigenvalue weighted by Gasteiger charge is -2.18. The highest BCUT2D eigenvalue weighted by Crippen LogP contribution is 2.40. The predicted octanol–water partition coefficient (Wildman–Crippen LogP) is 4.65. The van der Waals surface area contributed by atoms with Crippen molar-refractivity contribution in [3.05, 3.63) is 34.4 Å². The Kier molecular flexibility index (Phi) is 7.00. The van der Waals surface area contributed by atoms with E-state index in [1.807, 2.05) is 10.6 Å². The highest BCUT2D eigenvalue weighted by Gasteiger charge is 2.29. The van der Waals surface area contributed by atoms with Crippen molar-refractivity contribution in [2.75, 3.05) is 18.2 Å². The molecule has 4 rings (SSSR count). The van der Waals surface area contributed by atoms with Crippen LogP contribution in [0.3, 0.4) is 0 Å². The van der Waals surface area contributed by atoms with Crippen LogP contribution in [0.2, 0.25) is 0 Å². The summed E-state index contributed by atoms with van der Waals surface area (Å²) in [5.41, 5.74) is 1.53. The van der Waals surface area contributed by atoms with Crippen LogP contribution in [0.25, 0.3) is 11.6 Å². The number of nitrogens with one attached hydrogen (secondary N) is 1. The standard InChI is InChI=1S/C22H26N4O4S2/c1-4-9-26-19(15-6-5-10-30-15)24-25-22(26)31-12-17(27)23-20-18(21(28)29-3)14-8-7-13(2)11-16(14)32-20/h5-6,10,13H,4,7-9,11-12H2,1-3H3,(H,23,27). The second-order valence-corrected chi connectivity index (χ2v) is 9.87. The minimum absolute atomic E-state index is 0.152. The summed E-state index contributed by atoms with van der Waals surface area (Å²) in [7, 11) is 1.37. The summed E-state index contributed by atoms with van der Waals surface area (Å²) < 4.78 is 12.4. The third kappa shape index (κ3) is 4.61. The van der Waals surface area contributed by atoms with Crippen LogP contribution in [-0.2, 0) is 28.9 Å². The van der Waals surface area contributed by atoms with Gasteiger partial charge in [-0.25, -0.2) is 4.79 Å². The first kappa shape index (κ1) is 22.6. The molecule has 32 heavy (non-hydrogen) atoms. The zero-order valence-corrected chi connectivity index (χ0v) is 20.0. The number of amides is 1. The van der Waals surface area contributed by atoms with Gasteiger partial charge in [0, 0.05) is 11.4 Å². The molecule has 0 aromatic carbocycles. The first-order valence-electron chi connectivity index (χ1n) is 10.6. The molecule has 3 heterocycles. The van der Waals surface area contributed by atoms with Crippen molar-refractivity contribution in [1.29, 1.82) is 0 Å². The number of ether oxygens (including phenoxy) is 1. The number of hydrogen-bond donors (Lipinski definition) is 1. The number of furan rings is 1. The number of nitrogens with zero attached hydrogens (tertiary/aromatic N) is 3. The molecule has 1 aliphatic rings. The molecule has 10 heteroatoms. The molecule has 0 radical (unpaired) electrons. The van der Waals surface area contributed by atoms with E-state index < -0.39 is 5.97 Å². The van der Waals surface area contributed by atoms with Gasteiger partial charge in [0.15, 0.2) is 16.7 Å². The highest BCUT2D eigenvalue weighted by molar-refractivity contribution is 7.99. The van der Waals surface area contributed by atoms with E-state index >= 15 is 0 Å². The number of anilines is 1. The van der Waals surface area contributed by atoms with Crippen LogP contribution >= 0.6 is 23.1 Å². The monoisotopic (exact) mass is 474 g/mol. The summed E-state index contributed by atoms with van der Waals surface area (Å²) in [5.74, 6) is 1.41. The lowest BCUT2D eigenvalue weighted by Crippen LogP contribution is -2.17. The van der Waals surface area contributed by atoms with Gasteiger partial charge in [-0.1, -0.05) is 25.6 Å². The Bertz CT molecular complexity index is 1100. The number of carbonyl (C=O) groups is 2. The van der Waals surface area contributed by atoms with Gasteiger partial charge in [0.1, 0.15) is 5.00 Å². The van der Waals surface area contributed by atoms with E-state index in [0.717, 1.165) is 42.7 Å². The molecule has 170 valence electrons. The van der Waals surface area contributed by atoms with Crippen LogP contribution in [0.5, 0.6) is 0 Å². The van der Waals surface area contributed by atoms with Gasteiger partial charge in [-0.15, -0.1) is 21.5 Å². The van der Waals surface area contributed by atoms with E-state index in [-0.39, 0.29) is 11.7 Å². The number of rotatable bonds is 8. The van der Waals surface area contributed by atoms with Crippen molar-refractivity contribution < 1.29 is 18.7 Å². The van der Waals surface area contributed by atoms with Crippen molar-refractivity contribution in [2.24, 2.45) is 5.92 Å². The lowest BCUT2D eigenvalue weighted by molar-refractivity contribution is -0.113. The number of thiophene rings is 1. The maximum Gasteiger partial charge on any atom is 0.341 e. The van der Waals surface area contributed by atoms with Crippen molar-refractivity contribution in [3.8, 4) is 11.6 Å². The van der Waals surface area contributed by atoms with Gasteiger partial charge < -0.3 is 14.5 Å². The largest absolute Gasteiger partial charge is 0.465 e. The fourth-order valence-corrected chi connectivity index (χ4v) is 6.04. The molecule has 1 aliphatic carbocycles. The van der Waals surface area contributed by atoms with E-state index in [1.165, 1.54) is 30.2 Å². The van der Waals surface area contributed by atoms with Crippen LogP contribution in [0, 0.1) is 5.92 Å². The molecule has 3 aromatic rings. The second kappa shape index (κ2) is 9.91. The van der Waals surface area contributed by atoms with Gasteiger partial charge in [0.2, 0.25) is 5.91 Å². The molecule has 1 unspecified atom stereocenters. The molecule has 8 nitrogen and oxygen atoms in total. The fraction of sp³-hybridized carbons (Fsp3) is 0.455. The van der Waals surface area contributed by atoms with Gasteiger partial charge in [0.25, 0.3) is 0 Å². The normalized spacial score (nSPS) is 15.4. The van der Waals surface area contributed by atoms with Gasteiger partial charge in [0.05, 0.1) is 24.7 Å². The minimum Gasteiger partial charge on any atom is -0.465 e. The van der Waals surface area contributed by atoms with Crippen molar-refractivity contribution >= 4 is 40.0 Å². The average Bonchev–Trinajstić information content (AvgIpc) is 3.50. The van der Waals surface area contributed by atoms with Gasteiger partial charge >= 0.3 is 5.97 Å². The summed E-state index contributed by atoms with van der Waals surface area (Å²) in [6.45, 7) is 4.99. The van der Waals surface area contributed by atoms with E-state index in [2.05, 4.69) is 29.4 Å². The van der Waals surface area contributed by atoms with E-state index in [1.54, 1.807) is 12.3 Å². The lowest BCUT2D eigenvalue weighted by atomic mass is 9.88. The van der Waals surface area contributed by atoms with Crippen molar-refractivity contribution in [3.63, 3.8) is 0 Å². The molecule has 3 aromatic heterocycles. The van der Waals surface area contributed by atoms with E-state index in [4.69, 9.17) is 9.15 Å². The Balaban J connectivity index is 1.49. The van der Waals surface area contributed by atoms with Crippen LogP contribution < -0.4 is 5.32 Å². The summed E-state index contributed by atoms with van der Waals surface area (Å²) in [5, 5.41) is 12.7. The molecular weight excluding hydrogens is 448 g/mol. The molecule has 1 N–H and O–H groups in total. The Morgan fingerprint density at radius 3 is 2.97 bits per heavy atom. The van der Waals surface area contributed by atoms with Crippen LogP contribution in [0.4, 0.5) is 5.00 Å². The zero-order chi connectivity index (χ0) is 22.7. The summed E-state index contributed by atoms with van der Waals surface area (Å²) in [6.07, 6.45) is 5.28. The third-order valence-corrected chi connectivity index (χ3v) is 7.53. The number of aromatic nitrogens is 3. The average molecular weight is 475 g/mol. The Labute approximate surface area is 194 Å².